The number of benzene rings is 1. The van der Waals surface area contributed by atoms with Gasteiger partial charge in [-0.05, 0) is 19.1 Å². The van der Waals surface area contributed by atoms with E-state index in [1.165, 1.54) is 18.0 Å². The number of hydrogen-bond acceptors (Lipinski definition) is 7. The summed E-state index contributed by atoms with van der Waals surface area (Å²) in [6, 6.07) is 10.8. The number of esters is 1. The van der Waals surface area contributed by atoms with Crippen LogP contribution in [0.1, 0.15) is 16.2 Å². The van der Waals surface area contributed by atoms with E-state index in [4.69, 9.17) is 10.5 Å². The van der Waals surface area contributed by atoms with E-state index >= 15 is 0 Å². The smallest absolute Gasteiger partial charge is 0.343 e. The van der Waals surface area contributed by atoms with E-state index in [2.05, 4.69) is 19.8 Å². The maximum absolute atomic E-state index is 11.6. The van der Waals surface area contributed by atoms with Crippen LogP contribution in [0.5, 0.6) is 11.6 Å². The average molecular weight is 325 g/mol. The van der Waals surface area contributed by atoms with Crippen LogP contribution < -0.4 is 10.5 Å². The van der Waals surface area contributed by atoms with E-state index in [0.717, 1.165) is 0 Å². The minimum Gasteiger partial charge on any atom is -0.465 e. The number of nitrogens with zero attached hydrogens (tertiary/aromatic N) is 4. The fourth-order valence-corrected chi connectivity index (χ4v) is 2.10. The van der Waals surface area contributed by atoms with Crippen LogP contribution >= 0.6 is 0 Å². The standard InChI is InChI=1S/C16H15N5O3/c1-10-19-13(21-15(17)12(9-18-21)16(22)23-2)8-14(20-10)24-11-6-4-3-5-7-11/h3-9H,17H2,1-2H3. The highest BCUT2D eigenvalue weighted by atomic mass is 16.5. The van der Waals surface area contributed by atoms with Gasteiger partial charge in [-0.1, -0.05) is 18.2 Å². The molecule has 0 unspecified atom stereocenters. The highest BCUT2D eigenvalue weighted by Crippen LogP contribution is 2.23. The van der Waals surface area contributed by atoms with Gasteiger partial charge in [0.2, 0.25) is 5.88 Å². The van der Waals surface area contributed by atoms with Crippen molar-refractivity contribution in [1.29, 1.82) is 0 Å². The Bertz CT molecular complexity index is 877. The zero-order chi connectivity index (χ0) is 17.1. The van der Waals surface area contributed by atoms with Crippen molar-refractivity contribution in [2.45, 2.75) is 6.92 Å². The molecule has 0 radical (unpaired) electrons. The Morgan fingerprint density at radius 1 is 1.21 bits per heavy atom. The summed E-state index contributed by atoms with van der Waals surface area (Å²) in [6.07, 6.45) is 1.33. The Balaban J connectivity index is 1.97. The van der Waals surface area contributed by atoms with Gasteiger partial charge >= 0.3 is 5.97 Å². The van der Waals surface area contributed by atoms with E-state index in [1.54, 1.807) is 13.0 Å². The largest absolute Gasteiger partial charge is 0.465 e. The van der Waals surface area contributed by atoms with Gasteiger partial charge in [0.05, 0.1) is 13.3 Å². The second kappa shape index (κ2) is 6.37. The number of anilines is 1. The molecule has 0 bridgehead atoms. The minimum atomic E-state index is -0.565. The van der Waals surface area contributed by atoms with E-state index in [-0.39, 0.29) is 11.4 Å². The molecule has 0 atom stereocenters. The van der Waals surface area contributed by atoms with Gasteiger partial charge in [-0.15, -0.1) is 0 Å². The molecule has 0 fully saturated rings. The quantitative estimate of drug-likeness (QED) is 0.732. The summed E-state index contributed by atoms with van der Waals surface area (Å²) >= 11 is 0. The Morgan fingerprint density at radius 2 is 1.96 bits per heavy atom. The van der Waals surface area contributed by atoms with Crippen LogP contribution in [0, 0.1) is 6.92 Å². The lowest BCUT2D eigenvalue weighted by Gasteiger charge is -2.09. The van der Waals surface area contributed by atoms with Crippen LogP contribution in [0.4, 0.5) is 5.82 Å². The van der Waals surface area contributed by atoms with Crippen molar-refractivity contribution in [2.75, 3.05) is 12.8 Å². The van der Waals surface area contributed by atoms with Crippen molar-refractivity contribution in [3.05, 3.63) is 54.0 Å². The molecular weight excluding hydrogens is 310 g/mol. The van der Waals surface area contributed by atoms with Crippen molar-refractivity contribution in [2.24, 2.45) is 0 Å². The molecular formula is C16H15N5O3. The summed E-state index contributed by atoms with van der Waals surface area (Å²) in [5.74, 6) is 1.42. The molecule has 0 aliphatic carbocycles. The van der Waals surface area contributed by atoms with Crippen molar-refractivity contribution < 1.29 is 14.3 Å². The summed E-state index contributed by atoms with van der Waals surface area (Å²) in [6.45, 7) is 1.72. The molecule has 3 aromatic rings. The van der Waals surface area contributed by atoms with Crippen molar-refractivity contribution >= 4 is 11.8 Å². The first kappa shape index (κ1) is 15.5. The number of carbonyl (C=O) groups excluding carboxylic acids is 1. The molecule has 0 amide bonds. The monoisotopic (exact) mass is 325 g/mol. The number of aromatic nitrogens is 4. The van der Waals surface area contributed by atoms with Gasteiger partial charge < -0.3 is 15.2 Å². The van der Waals surface area contributed by atoms with Crippen LogP contribution in [0.3, 0.4) is 0 Å². The molecule has 0 saturated carbocycles. The molecule has 8 heteroatoms. The molecule has 0 aliphatic rings. The zero-order valence-electron chi connectivity index (χ0n) is 13.1. The predicted octanol–water partition coefficient (Wildman–Crippen LogP) is 2.13. The number of rotatable bonds is 4. The highest BCUT2D eigenvalue weighted by Gasteiger charge is 2.18. The fraction of sp³-hybridized carbons (Fsp3) is 0.125. The lowest BCUT2D eigenvalue weighted by Crippen LogP contribution is -2.09. The number of nitrogen functional groups attached to an aromatic ring is 1. The van der Waals surface area contributed by atoms with Gasteiger partial charge in [-0.3, -0.25) is 0 Å². The van der Waals surface area contributed by atoms with E-state index < -0.39 is 5.97 Å². The molecule has 0 saturated heterocycles. The molecule has 2 N–H and O–H groups in total. The van der Waals surface area contributed by atoms with Crippen LogP contribution in [-0.2, 0) is 4.74 Å². The molecule has 2 heterocycles. The van der Waals surface area contributed by atoms with E-state index in [0.29, 0.717) is 23.3 Å². The van der Waals surface area contributed by atoms with Gasteiger partial charge in [0.15, 0.2) is 5.82 Å². The number of para-hydroxylation sites is 1. The molecule has 8 nitrogen and oxygen atoms in total. The molecule has 3 rings (SSSR count). The summed E-state index contributed by atoms with van der Waals surface area (Å²) in [7, 11) is 1.28. The lowest BCUT2D eigenvalue weighted by molar-refractivity contribution is 0.0602. The van der Waals surface area contributed by atoms with Gasteiger partial charge in [0, 0.05) is 6.07 Å². The van der Waals surface area contributed by atoms with Gasteiger partial charge in [0.25, 0.3) is 0 Å². The zero-order valence-corrected chi connectivity index (χ0v) is 13.1. The first-order valence-electron chi connectivity index (χ1n) is 7.09. The number of carbonyl (C=O) groups is 1. The number of nitrogens with two attached hydrogens (primary N) is 1. The van der Waals surface area contributed by atoms with Crippen molar-refractivity contribution in [1.82, 2.24) is 19.7 Å². The predicted molar refractivity (Wildman–Crippen MR) is 86.2 cm³/mol. The van der Waals surface area contributed by atoms with Crippen LogP contribution in [-0.4, -0.2) is 32.8 Å². The minimum absolute atomic E-state index is 0.130. The second-order valence-electron chi connectivity index (χ2n) is 4.87. The van der Waals surface area contributed by atoms with Gasteiger partial charge in [0.1, 0.15) is 23.0 Å². The Labute approximate surface area is 137 Å². The molecule has 0 aliphatic heterocycles. The van der Waals surface area contributed by atoms with Crippen LogP contribution in [0.15, 0.2) is 42.6 Å². The van der Waals surface area contributed by atoms with Gasteiger partial charge in [-0.2, -0.15) is 14.8 Å². The highest BCUT2D eigenvalue weighted by molar-refractivity contribution is 5.94. The second-order valence-corrected chi connectivity index (χ2v) is 4.87. The maximum Gasteiger partial charge on any atom is 0.343 e. The lowest BCUT2D eigenvalue weighted by atomic mass is 10.3. The number of hydrogen-bond donors (Lipinski definition) is 1. The van der Waals surface area contributed by atoms with Crippen LogP contribution in [0.2, 0.25) is 0 Å². The van der Waals surface area contributed by atoms with Gasteiger partial charge in [-0.25, -0.2) is 9.78 Å². The SMILES string of the molecule is COC(=O)c1cnn(-c2cc(Oc3ccccc3)nc(C)n2)c1N. The first-order valence-corrected chi connectivity index (χ1v) is 7.09. The molecule has 1 aromatic carbocycles. The third kappa shape index (κ3) is 3.02. The fourth-order valence-electron chi connectivity index (χ4n) is 2.10. The maximum atomic E-state index is 11.6. The Morgan fingerprint density at radius 3 is 2.67 bits per heavy atom. The number of aryl methyl sites for hydroxylation is 1. The summed E-state index contributed by atoms with van der Waals surface area (Å²) in [5.41, 5.74) is 6.13. The third-order valence-corrected chi connectivity index (χ3v) is 3.20. The molecule has 122 valence electrons. The third-order valence-electron chi connectivity index (χ3n) is 3.20. The normalized spacial score (nSPS) is 10.4. The molecule has 2 aromatic heterocycles. The number of ether oxygens (including phenoxy) is 2. The average Bonchev–Trinajstić information content (AvgIpc) is 2.96. The topological polar surface area (TPSA) is 105 Å². The Hall–Kier alpha value is -3.42. The van der Waals surface area contributed by atoms with E-state index in [9.17, 15) is 4.79 Å². The van der Waals surface area contributed by atoms with E-state index in [1.807, 2.05) is 30.3 Å². The van der Waals surface area contributed by atoms with Crippen molar-refractivity contribution in [3.63, 3.8) is 0 Å². The number of methoxy groups -OCH3 is 1. The Kier molecular flexibility index (Phi) is 4.11. The molecule has 0 spiro atoms. The van der Waals surface area contributed by atoms with Crippen molar-refractivity contribution in [3.8, 4) is 17.4 Å². The summed E-state index contributed by atoms with van der Waals surface area (Å²) in [5, 5.41) is 4.09. The first-order chi connectivity index (χ1) is 11.6. The summed E-state index contributed by atoms with van der Waals surface area (Å²) in [4.78, 5) is 20.2. The summed E-state index contributed by atoms with van der Waals surface area (Å²) < 4.78 is 11.7. The van der Waals surface area contributed by atoms with Crippen LogP contribution in [0.25, 0.3) is 5.82 Å². The molecule has 24 heavy (non-hydrogen) atoms.